The molecule has 2 N–H and O–H groups in total. The van der Waals surface area contributed by atoms with Crippen molar-refractivity contribution in [1.29, 1.82) is 0 Å². The first-order valence-electron chi connectivity index (χ1n) is 6.48. The zero-order chi connectivity index (χ0) is 13.1. The molecule has 2 rings (SSSR count). The number of fused-ring (bicyclic) bond motifs is 1. The number of hydrogen-bond donors (Lipinski definition) is 1. The van der Waals surface area contributed by atoms with E-state index in [9.17, 15) is 0 Å². The van der Waals surface area contributed by atoms with Gasteiger partial charge >= 0.3 is 0 Å². The van der Waals surface area contributed by atoms with Crippen LogP contribution in [0.4, 0.5) is 5.95 Å². The fraction of sp³-hybridized carbons (Fsp3) is 0.500. The van der Waals surface area contributed by atoms with Crippen molar-refractivity contribution >= 4 is 17.0 Å². The summed E-state index contributed by atoms with van der Waals surface area (Å²) in [5.74, 6) is 1.40. The van der Waals surface area contributed by atoms with Crippen LogP contribution in [0.15, 0.2) is 18.2 Å². The summed E-state index contributed by atoms with van der Waals surface area (Å²) >= 11 is 0. The highest BCUT2D eigenvalue weighted by Gasteiger charge is 2.13. The van der Waals surface area contributed by atoms with Crippen LogP contribution in [0.25, 0.3) is 11.0 Å². The number of ether oxygens (including phenoxy) is 1. The van der Waals surface area contributed by atoms with E-state index in [-0.39, 0.29) is 0 Å². The van der Waals surface area contributed by atoms with Crippen molar-refractivity contribution in [3.8, 4) is 5.75 Å². The van der Waals surface area contributed by atoms with Crippen molar-refractivity contribution < 1.29 is 4.74 Å². The zero-order valence-corrected chi connectivity index (χ0v) is 11.3. The number of anilines is 1. The Bertz CT molecular complexity index is 533. The summed E-state index contributed by atoms with van der Waals surface area (Å²) in [5, 5.41) is 0. The molecule has 0 radical (unpaired) electrons. The molecule has 0 spiro atoms. The van der Waals surface area contributed by atoms with E-state index in [0.717, 1.165) is 23.2 Å². The predicted molar refractivity (Wildman–Crippen MR) is 74.9 cm³/mol. The topological polar surface area (TPSA) is 53.1 Å². The van der Waals surface area contributed by atoms with E-state index in [1.165, 1.54) is 12.8 Å². The first-order chi connectivity index (χ1) is 8.67. The summed E-state index contributed by atoms with van der Waals surface area (Å²) in [7, 11) is 1.66. The normalized spacial score (nSPS) is 12.8. The average Bonchev–Trinajstić information content (AvgIpc) is 2.70. The fourth-order valence-electron chi connectivity index (χ4n) is 2.32. The summed E-state index contributed by atoms with van der Waals surface area (Å²) in [4.78, 5) is 4.41. The minimum atomic E-state index is 0.378. The van der Waals surface area contributed by atoms with Gasteiger partial charge in [0.2, 0.25) is 5.95 Å². The maximum atomic E-state index is 6.03. The number of unbranched alkanes of at least 4 members (excludes halogenated alkanes) is 1. The van der Waals surface area contributed by atoms with Gasteiger partial charge in [-0.15, -0.1) is 0 Å². The van der Waals surface area contributed by atoms with Gasteiger partial charge in [0.25, 0.3) is 0 Å². The van der Waals surface area contributed by atoms with E-state index >= 15 is 0 Å². The summed E-state index contributed by atoms with van der Waals surface area (Å²) in [5.41, 5.74) is 8.01. The quantitative estimate of drug-likeness (QED) is 0.881. The highest BCUT2D eigenvalue weighted by molar-refractivity contribution is 5.80. The predicted octanol–water partition coefficient (Wildman–Crippen LogP) is 3.38. The molecular formula is C14H21N3O. The van der Waals surface area contributed by atoms with Gasteiger partial charge in [0.05, 0.1) is 18.1 Å². The average molecular weight is 247 g/mol. The Kier molecular flexibility index (Phi) is 3.75. The monoisotopic (exact) mass is 247 g/mol. The lowest BCUT2D eigenvalue weighted by molar-refractivity contribution is 0.415. The van der Waals surface area contributed by atoms with Crippen LogP contribution in [0.2, 0.25) is 0 Å². The van der Waals surface area contributed by atoms with Gasteiger partial charge in [0.15, 0.2) is 0 Å². The molecule has 1 atom stereocenters. The fourth-order valence-corrected chi connectivity index (χ4v) is 2.32. The van der Waals surface area contributed by atoms with Gasteiger partial charge in [-0.1, -0.05) is 19.8 Å². The summed E-state index contributed by atoms with van der Waals surface area (Å²) in [6.07, 6.45) is 3.53. The maximum Gasteiger partial charge on any atom is 0.201 e. The van der Waals surface area contributed by atoms with Crippen LogP contribution in [0.1, 0.15) is 39.2 Å². The Morgan fingerprint density at radius 2 is 2.22 bits per heavy atom. The molecule has 0 fully saturated rings. The van der Waals surface area contributed by atoms with E-state index in [0.29, 0.717) is 12.0 Å². The Labute approximate surface area is 108 Å². The first kappa shape index (κ1) is 12.7. The number of nitrogen functional groups attached to an aromatic ring is 1. The molecule has 0 amide bonds. The lowest BCUT2D eigenvalue weighted by atomic mass is 10.1. The minimum Gasteiger partial charge on any atom is -0.497 e. The van der Waals surface area contributed by atoms with Crippen LogP contribution < -0.4 is 10.5 Å². The molecule has 98 valence electrons. The molecule has 1 unspecified atom stereocenters. The van der Waals surface area contributed by atoms with Gasteiger partial charge in [-0.2, -0.15) is 0 Å². The number of benzene rings is 1. The van der Waals surface area contributed by atoms with Crippen LogP contribution in [-0.2, 0) is 0 Å². The van der Waals surface area contributed by atoms with E-state index in [1.54, 1.807) is 7.11 Å². The maximum absolute atomic E-state index is 6.03. The molecule has 1 aromatic heterocycles. The smallest absolute Gasteiger partial charge is 0.201 e. The van der Waals surface area contributed by atoms with Crippen LogP contribution in [0.5, 0.6) is 5.75 Å². The van der Waals surface area contributed by atoms with Crippen molar-refractivity contribution in [3.05, 3.63) is 18.2 Å². The lowest BCUT2D eigenvalue weighted by Gasteiger charge is -2.15. The number of hydrogen-bond acceptors (Lipinski definition) is 3. The van der Waals surface area contributed by atoms with Gasteiger partial charge in [-0.3, -0.25) is 0 Å². The van der Waals surface area contributed by atoms with E-state index in [4.69, 9.17) is 10.5 Å². The first-order valence-corrected chi connectivity index (χ1v) is 6.48. The lowest BCUT2D eigenvalue weighted by Crippen LogP contribution is -2.08. The summed E-state index contributed by atoms with van der Waals surface area (Å²) < 4.78 is 7.32. The van der Waals surface area contributed by atoms with Gasteiger partial charge in [0.1, 0.15) is 5.75 Å². The van der Waals surface area contributed by atoms with E-state index < -0.39 is 0 Å². The van der Waals surface area contributed by atoms with Gasteiger partial charge in [-0.05, 0) is 25.5 Å². The summed E-state index contributed by atoms with van der Waals surface area (Å²) in [6, 6.07) is 6.28. The molecule has 2 aromatic rings. The molecule has 0 saturated carbocycles. The molecule has 1 heterocycles. The number of nitrogens with two attached hydrogens (primary N) is 1. The number of rotatable bonds is 5. The van der Waals surface area contributed by atoms with Crippen molar-refractivity contribution in [2.24, 2.45) is 0 Å². The Balaban J connectivity index is 2.40. The molecule has 0 saturated heterocycles. The van der Waals surface area contributed by atoms with Crippen molar-refractivity contribution in [2.45, 2.75) is 39.2 Å². The summed E-state index contributed by atoms with van der Waals surface area (Å²) in [6.45, 7) is 4.39. The molecule has 0 aliphatic heterocycles. The van der Waals surface area contributed by atoms with Gasteiger partial charge in [-0.25, -0.2) is 4.98 Å². The number of imidazole rings is 1. The number of aromatic nitrogens is 2. The SMILES string of the molecule is CCCCC(C)n1c(N)nc2cc(OC)ccc21. The van der Waals surface area contributed by atoms with Crippen LogP contribution in [-0.4, -0.2) is 16.7 Å². The molecule has 0 aliphatic rings. The molecule has 18 heavy (non-hydrogen) atoms. The molecule has 0 aliphatic carbocycles. The number of methoxy groups -OCH3 is 1. The molecule has 4 heteroatoms. The van der Waals surface area contributed by atoms with Crippen molar-refractivity contribution in [3.63, 3.8) is 0 Å². The second kappa shape index (κ2) is 5.29. The van der Waals surface area contributed by atoms with Gasteiger partial charge < -0.3 is 15.0 Å². The molecule has 1 aromatic carbocycles. The third kappa shape index (κ3) is 2.28. The van der Waals surface area contributed by atoms with Crippen LogP contribution in [0, 0.1) is 0 Å². The standard InChI is InChI=1S/C14H21N3O/c1-4-5-6-10(2)17-13-8-7-11(18-3)9-12(13)16-14(17)15/h7-10H,4-6H2,1-3H3,(H2,15,16). The third-order valence-corrected chi connectivity index (χ3v) is 3.34. The largest absolute Gasteiger partial charge is 0.497 e. The second-order valence-electron chi connectivity index (χ2n) is 4.69. The molecular weight excluding hydrogens is 226 g/mol. The van der Waals surface area contributed by atoms with Crippen LogP contribution >= 0.6 is 0 Å². The Morgan fingerprint density at radius 3 is 2.89 bits per heavy atom. The highest BCUT2D eigenvalue weighted by Crippen LogP contribution is 2.28. The second-order valence-corrected chi connectivity index (χ2v) is 4.69. The van der Waals surface area contributed by atoms with Gasteiger partial charge in [0, 0.05) is 12.1 Å². The Hall–Kier alpha value is -1.71. The van der Waals surface area contributed by atoms with Crippen molar-refractivity contribution in [2.75, 3.05) is 12.8 Å². The van der Waals surface area contributed by atoms with E-state index in [1.807, 2.05) is 18.2 Å². The van der Waals surface area contributed by atoms with Crippen molar-refractivity contribution in [1.82, 2.24) is 9.55 Å². The Morgan fingerprint density at radius 1 is 1.44 bits per heavy atom. The zero-order valence-electron chi connectivity index (χ0n) is 11.3. The van der Waals surface area contributed by atoms with E-state index in [2.05, 4.69) is 23.4 Å². The number of nitrogens with zero attached hydrogens (tertiary/aromatic N) is 2. The third-order valence-electron chi connectivity index (χ3n) is 3.34. The molecule has 4 nitrogen and oxygen atoms in total. The van der Waals surface area contributed by atoms with Crippen LogP contribution in [0.3, 0.4) is 0 Å². The highest BCUT2D eigenvalue weighted by atomic mass is 16.5. The minimum absolute atomic E-state index is 0.378. The molecule has 0 bridgehead atoms.